The fourth-order valence-electron chi connectivity index (χ4n) is 0.651. The van der Waals surface area contributed by atoms with Gasteiger partial charge in [-0.2, -0.15) is 5.53 Å². The molecule has 0 aromatic rings. The van der Waals surface area contributed by atoms with Gasteiger partial charge < -0.3 is 0 Å². The van der Waals surface area contributed by atoms with Crippen molar-refractivity contribution in [3.63, 3.8) is 0 Å². The lowest BCUT2D eigenvalue weighted by Crippen LogP contribution is -2.44. The fourth-order valence-corrected chi connectivity index (χ4v) is 0.651. The van der Waals surface area contributed by atoms with Gasteiger partial charge in [0.05, 0.1) is 6.04 Å². The summed E-state index contributed by atoms with van der Waals surface area (Å²) >= 11 is 0. The third kappa shape index (κ3) is 7.45. The summed E-state index contributed by atoms with van der Waals surface area (Å²) in [5, 5.41) is 0. The zero-order valence-corrected chi connectivity index (χ0v) is 7.30. The summed E-state index contributed by atoms with van der Waals surface area (Å²) in [6.45, 7) is 5.04. The molecule has 0 saturated carbocycles. The molecule has 0 rings (SSSR count). The Kier molecular flexibility index (Phi) is 7.34. The molecule has 4 nitrogen and oxygen atoms in total. The van der Waals surface area contributed by atoms with Gasteiger partial charge in [0.2, 0.25) is 0 Å². The molecule has 11 heavy (non-hydrogen) atoms. The molecular formula is C7H18N4. The topological polar surface area (TPSA) is 62.4 Å². The molecule has 1 atom stereocenters. The first-order chi connectivity index (χ1) is 5.31. The van der Waals surface area contributed by atoms with Crippen LogP contribution in [0.15, 0.2) is 4.99 Å². The van der Waals surface area contributed by atoms with Gasteiger partial charge in [-0.25, -0.2) is 5.43 Å². The molecule has 0 heterocycles. The molecule has 0 saturated heterocycles. The maximum atomic E-state index is 5.04. The summed E-state index contributed by atoms with van der Waals surface area (Å²) in [7, 11) is 0. The number of nitrogens with zero attached hydrogens (tertiary/aromatic N) is 1. The van der Waals surface area contributed by atoms with E-state index in [1.165, 1.54) is 6.42 Å². The van der Waals surface area contributed by atoms with Crippen LogP contribution in [0.2, 0.25) is 0 Å². The Labute approximate surface area is 68.2 Å². The molecule has 4 N–H and O–H groups in total. The highest BCUT2D eigenvalue weighted by Gasteiger charge is 1.91. The quantitative estimate of drug-likeness (QED) is 0.224. The van der Waals surface area contributed by atoms with Gasteiger partial charge in [-0.1, -0.05) is 13.3 Å². The monoisotopic (exact) mass is 158 g/mol. The molecule has 0 aromatic heterocycles. The van der Waals surface area contributed by atoms with Crippen molar-refractivity contribution in [1.82, 2.24) is 11.0 Å². The van der Waals surface area contributed by atoms with Crippen LogP contribution in [-0.4, -0.2) is 18.8 Å². The van der Waals surface area contributed by atoms with Gasteiger partial charge >= 0.3 is 0 Å². The largest absolute Gasteiger partial charge is 0.296 e. The smallest absolute Gasteiger partial charge is 0.0545 e. The van der Waals surface area contributed by atoms with Crippen molar-refractivity contribution in [3.05, 3.63) is 0 Å². The molecule has 0 aliphatic rings. The molecule has 66 valence electrons. The summed E-state index contributed by atoms with van der Waals surface area (Å²) in [6, 6.07) is 0.192. The van der Waals surface area contributed by atoms with Gasteiger partial charge in [-0.05, 0) is 13.3 Å². The first kappa shape index (κ1) is 10.6. The van der Waals surface area contributed by atoms with Crippen LogP contribution in [0.25, 0.3) is 0 Å². The Bertz CT molecular complexity index is 103. The SMILES string of the molecule is CCCC/N=C/[C@H](C)NNN. The maximum Gasteiger partial charge on any atom is 0.0545 e. The van der Waals surface area contributed by atoms with Crippen LogP contribution in [0, 0.1) is 0 Å². The number of hydrogen-bond acceptors (Lipinski definition) is 4. The minimum Gasteiger partial charge on any atom is -0.296 e. The molecule has 4 heteroatoms. The zero-order chi connectivity index (χ0) is 8.53. The van der Waals surface area contributed by atoms with E-state index in [1.54, 1.807) is 0 Å². The fraction of sp³-hybridized carbons (Fsp3) is 0.857. The second kappa shape index (κ2) is 7.65. The van der Waals surface area contributed by atoms with E-state index >= 15 is 0 Å². The van der Waals surface area contributed by atoms with Crippen molar-refractivity contribution in [2.75, 3.05) is 6.54 Å². The second-order valence-electron chi connectivity index (χ2n) is 2.49. The summed E-state index contributed by atoms with van der Waals surface area (Å²) in [6.07, 6.45) is 4.20. The second-order valence-corrected chi connectivity index (χ2v) is 2.49. The van der Waals surface area contributed by atoms with Gasteiger partial charge in [0, 0.05) is 12.8 Å². The van der Waals surface area contributed by atoms with Crippen molar-refractivity contribution in [2.24, 2.45) is 10.8 Å². The van der Waals surface area contributed by atoms with Crippen LogP contribution < -0.4 is 16.8 Å². The first-order valence-corrected chi connectivity index (χ1v) is 4.02. The molecule has 0 spiro atoms. The highest BCUT2D eigenvalue weighted by atomic mass is 15.5. The summed E-state index contributed by atoms with van der Waals surface area (Å²) in [5.41, 5.74) is 5.17. The van der Waals surface area contributed by atoms with E-state index in [0.29, 0.717) is 0 Å². The van der Waals surface area contributed by atoms with Crippen LogP contribution in [-0.2, 0) is 0 Å². The van der Waals surface area contributed by atoms with Crippen LogP contribution in [0.5, 0.6) is 0 Å². The minimum atomic E-state index is 0.192. The highest BCUT2D eigenvalue weighted by Crippen LogP contribution is 1.85. The lowest BCUT2D eigenvalue weighted by Gasteiger charge is -2.05. The summed E-state index contributed by atoms with van der Waals surface area (Å²) < 4.78 is 0. The number of hydrogen-bond donors (Lipinski definition) is 3. The summed E-state index contributed by atoms with van der Waals surface area (Å²) in [4.78, 5) is 4.20. The first-order valence-electron chi connectivity index (χ1n) is 4.02. The molecule has 0 fully saturated rings. The standard InChI is InChI=1S/C7H18N4/c1-3-4-5-9-6-7(2)10-11-8/h6-7,10-11H,3-5,8H2,1-2H3/b9-6+/t7-/m0/s1. The maximum absolute atomic E-state index is 5.04. The molecule has 0 amide bonds. The van der Waals surface area contributed by atoms with E-state index in [1.807, 2.05) is 13.1 Å². The third-order valence-electron chi connectivity index (χ3n) is 1.28. The van der Waals surface area contributed by atoms with Crippen LogP contribution in [0.3, 0.4) is 0 Å². The normalized spacial score (nSPS) is 14.1. The zero-order valence-electron chi connectivity index (χ0n) is 7.30. The van der Waals surface area contributed by atoms with Crippen molar-refractivity contribution < 1.29 is 0 Å². The predicted molar refractivity (Wildman–Crippen MR) is 48.2 cm³/mol. The van der Waals surface area contributed by atoms with Crippen molar-refractivity contribution in [2.45, 2.75) is 32.7 Å². The van der Waals surface area contributed by atoms with E-state index in [-0.39, 0.29) is 6.04 Å². The Morgan fingerprint density at radius 1 is 1.64 bits per heavy atom. The van der Waals surface area contributed by atoms with Gasteiger partial charge in [-0.15, -0.1) is 0 Å². The number of unbranched alkanes of at least 4 members (excludes halogenated alkanes) is 1. The van der Waals surface area contributed by atoms with Crippen molar-refractivity contribution in [1.29, 1.82) is 0 Å². The van der Waals surface area contributed by atoms with Crippen molar-refractivity contribution >= 4 is 6.21 Å². The Hall–Kier alpha value is -0.450. The van der Waals surface area contributed by atoms with Gasteiger partial charge in [0.25, 0.3) is 0 Å². The van der Waals surface area contributed by atoms with E-state index in [0.717, 1.165) is 13.0 Å². The van der Waals surface area contributed by atoms with Crippen LogP contribution in [0.4, 0.5) is 0 Å². The number of nitrogens with one attached hydrogen (secondary N) is 2. The average Bonchev–Trinajstić information content (AvgIpc) is 1.99. The number of hydrazine groups is 2. The molecular weight excluding hydrogens is 140 g/mol. The number of aliphatic imine (C=N–C) groups is 1. The Balaban J connectivity index is 3.24. The van der Waals surface area contributed by atoms with E-state index < -0.39 is 0 Å². The van der Waals surface area contributed by atoms with Gasteiger partial charge in [-0.3, -0.25) is 10.8 Å². The molecule has 0 unspecified atom stereocenters. The van der Waals surface area contributed by atoms with Gasteiger partial charge in [0.1, 0.15) is 0 Å². The molecule has 0 aliphatic carbocycles. The average molecular weight is 158 g/mol. The lowest BCUT2D eigenvalue weighted by atomic mass is 10.3. The molecule has 0 aliphatic heterocycles. The number of rotatable bonds is 6. The molecule has 0 bridgehead atoms. The highest BCUT2D eigenvalue weighted by molar-refractivity contribution is 5.63. The van der Waals surface area contributed by atoms with Crippen molar-refractivity contribution in [3.8, 4) is 0 Å². The van der Waals surface area contributed by atoms with Gasteiger partial charge in [0.15, 0.2) is 0 Å². The molecule has 0 aromatic carbocycles. The van der Waals surface area contributed by atoms with E-state index in [9.17, 15) is 0 Å². The Morgan fingerprint density at radius 3 is 2.91 bits per heavy atom. The summed E-state index contributed by atoms with van der Waals surface area (Å²) in [5.74, 6) is 5.04. The molecule has 0 radical (unpaired) electrons. The van der Waals surface area contributed by atoms with Crippen LogP contribution >= 0.6 is 0 Å². The minimum absolute atomic E-state index is 0.192. The van der Waals surface area contributed by atoms with E-state index in [4.69, 9.17) is 5.84 Å². The Morgan fingerprint density at radius 2 is 2.36 bits per heavy atom. The third-order valence-corrected chi connectivity index (χ3v) is 1.28. The van der Waals surface area contributed by atoms with Crippen LogP contribution in [0.1, 0.15) is 26.7 Å². The number of nitrogens with two attached hydrogens (primary N) is 1. The van der Waals surface area contributed by atoms with E-state index in [2.05, 4.69) is 22.9 Å². The lowest BCUT2D eigenvalue weighted by molar-refractivity contribution is 0.536. The predicted octanol–water partition coefficient (Wildman–Crippen LogP) is 0.214.